The molecule has 0 heterocycles. The van der Waals surface area contributed by atoms with E-state index in [0.29, 0.717) is 11.5 Å². The molecule has 1 aliphatic carbocycles. The fourth-order valence-corrected chi connectivity index (χ4v) is 2.28. The van der Waals surface area contributed by atoms with Crippen molar-refractivity contribution in [2.24, 2.45) is 11.1 Å². The topological polar surface area (TPSA) is 29.3 Å². The van der Waals surface area contributed by atoms with Crippen LogP contribution in [0.4, 0.5) is 0 Å². The van der Waals surface area contributed by atoms with E-state index in [-0.39, 0.29) is 0 Å². The highest BCUT2D eigenvalue weighted by atomic mass is 15.1. The van der Waals surface area contributed by atoms with Gasteiger partial charge in [-0.3, -0.25) is 0 Å². The lowest BCUT2D eigenvalue weighted by Gasteiger charge is -2.43. The average Bonchev–Trinajstić information content (AvgIpc) is 2.08. The SMILES string of the molecule is CC(C)N(C)CCC1(CCN)CCC1. The Labute approximate surface area is 88.8 Å². The van der Waals surface area contributed by atoms with Crippen molar-refractivity contribution in [1.82, 2.24) is 4.90 Å². The van der Waals surface area contributed by atoms with Crippen molar-refractivity contribution in [3.8, 4) is 0 Å². The molecule has 0 bridgehead atoms. The summed E-state index contributed by atoms with van der Waals surface area (Å²) >= 11 is 0. The monoisotopic (exact) mass is 198 g/mol. The summed E-state index contributed by atoms with van der Waals surface area (Å²) in [6, 6.07) is 0.671. The van der Waals surface area contributed by atoms with Crippen LogP contribution >= 0.6 is 0 Å². The van der Waals surface area contributed by atoms with E-state index in [9.17, 15) is 0 Å². The zero-order valence-electron chi connectivity index (χ0n) is 10.1. The highest BCUT2D eigenvalue weighted by Gasteiger charge is 2.35. The molecule has 0 aromatic rings. The van der Waals surface area contributed by atoms with E-state index < -0.39 is 0 Å². The molecule has 2 heteroatoms. The number of rotatable bonds is 6. The smallest absolute Gasteiger partial charge is 0.00355 e. The van der Waals surface area contributed by atoms with Crippen molar-refractivity contribution in [2.45, 2.75) is 52.0 Å². The normalized spacial score (nSPS) is 20.1. The number of nitrogens with zero attached hydrogens (tertiary/aromatic N) is 1. The van der Waals surface area contributed by atoms with Gasteiger partial charge in [-0.25, -0.2) is 0 Å². The van der Waals surface area contributed by atoms with Crippen molar-refractivity contribution >= 4 is 0 Å². The Hall–Kier alpha value is -0.0800. The highest BCUT2D eigenvalue weighted by Crippen LogP contribution is 2.46. The molecule has 0 aromatic heterocycles. The van der Waals surface area contributed by atoms with Crippen LogP contribution in [0.25, 0.3) is 0 Å². The molecule has 0 saturated heterocycles. The van der Waals surface area contributed by atoms with Crippen LogP contribution in [0.3, 0.4) is 0 Å². The molecular weight excluding hydrogens is 172 g/mol. The Bertz CT molecular complexity index is 162. The number of nitrogens with two attached hydrogens (primary N) is 1. The first kappa shape index (κ1) is 12.0. The fourth-order valence-electron chi connectivity index (χ4n) is 2.28. The van der Waals surface area contributed by atoms with Crippen molar-refractivity contribution in [3.63, 3.8) is 0 Å². The van der Waals surface area contributed by atoms with Gasteiger partial charge in [-0.1, -0.05) is 6.42 Å². The van der Waals surface area contributed by atoms with Crippen LogP contribution in [0, 0.1) is 5.41 Å². The summed E-state index contributed by atoms with van der Waals surface area (Å²) in [6.45, 7) is 6.62. The van der Waals surface area contributed by atoms with Crippen molar-refractivity contribution < 1.29 is 0 Å². The van der Waals surface area contributed by atoms with Crippen LogP contribution in [-0.4, -0.2) is 31.1 Å². The van der Waals surface area contributed by atoms with E-state index in [0.717, 1.165) is 6.54 Å². The summed E-state index contributed by atoms with van der Waals surface area (Å²) in [7, 11) is 2.22. The maximum Gasteiger partial charge on any atom is 0.00355 e. The largest absolute Gasteiger partial charge is 0.330 e. The van der Waals surface area contributed by atoms with Gasteiger partial charge in [0.1, 0.15) is 0 Å². The average molecular weight is 198 g/mol. The van der Waals surface area contributed by atoms with E-state index in [1.807, 2.05) is 0 Å². The summed E-state index contributed by atoms with van der Waals surface area (Å²) in [5, 5.41) is 0. The maximum atomic E-state index is 5.68. The second kappa shape index (κ2) is 5.13. The molecule has 0 radical (unpaired) electrons. The minimum atomic E-state index is 0.623. The third kappa shape index (κ3) is 2.96. The van der Waals surface area contributed by atoms with Gasteiger partial charge < -0.3 is 10.6 Å². The zero-order chi connectivity index (χ0) is 10.6. The van der Waals surface area contributed by atoms with Gasteiger partial charge in [0.2, 0.25) is 0 Å². The van der Waals surface area contributed by atoms with E-state index in [2.05, 4.69) is 25.8 Å². The zero-order valence-corrected chi connectivity index (χ0v) is 10.1. The Balaban J connectivity index is 2.27. The molecule has 1 aliphatic rings. The van der Waals surface area contributed by atoms with E-state index in [4.69, 9.17) is 5.73 Å². The number of hydrogen-bond donors (Lipinski definition) is 1. The first-order valence-corrected chi connectivity index (χ1v) is 6.00. The van der Waals surface area contributed by atoms with Crippen molar-refractivity contribution in [2.75, 3.05) is 20.1 Å². The van der Waals surface area contributed by atoms with Crippen LogP contribution < -0.4 is 5.73 Å². The van der Waals surface area contributed by atoms with Gasteiger partial charge in [-0.2, -0.15) is 0 Å². The van der Waals surface area contributed by atoms with Gasteiger partial charge in [0.25, 0.3) is 0 Å². The van der Waals surface area contributed by atoms with Crippen molar-refractivity contribution in [3.05, 3.63) is 0 Å². The Morgan fingerprint density at radius 2 is 1.93 bits per heavy atom. The van der Waals surface area contributed by atoms with Gasteiger partial charge in [0.15, 0.2) is 0 Å². The summed E-state index contributed by atoms with van der Waals surface area (Å²) in [4.78, 5) is 2.44. The van der Waals surface area contributed by atoms with Crippen LogP contribution in [-0.2, 0) is 0 Å². The van der Waals surface area contributed by atoms with Crippen molar-refractivity contribution in [1.29, 1.82) is 0 Å². The highest BCUT2D eigenvalue weighted by molar-refractivity contribution is 4.88. The van der Waals surface area contributed by atoms with Crippen LogP contribution in [0.1, 0.15) is 46.0 Å². The fraction of sp³-hybridized carbons (Fsp3) is 1.00. The maximum absolute atomic E-state index is 5.68. The second-order valence-electron chi connectivity index (χ2n) is 5.22. The molecule has 1 fully saturated rings. The quantitative estimate of drug-likeness (QED) is 0.709. The summed E-state index contributed by atoms with van der Waals surface area (Å²) in [6.07, 6.45) is 6.83. The molecule has 84 valence electrons. The van der Waals surface area contributed by atoms with E-state index in [1.165, 1.54) is 38.6 Å². The lowest BCUT2D eigenvalue weighted by atomic mass is 9.64. The van der Waals surface area contributed by atoms with E-state index >= 15 is 0 Å². The Morgan fingerprint density at radius 3 is 2.29 bits per heavy atom. The third-order valence-corrected chi connectivity index (χ3v) is 3.97. The van der Waals surface area contributed by atoms with Gasteiger partial charge in [0, 0.05) is 6.04 Å². The minimum Gasteiger partial charge on any atom is -0.330 e. The lowest BCUT2D eigenvalue weighted by Crippen LogP contribution is -2.37. The summed E-state index contributed by atoms with van der Waals surface area (Å²) < 4.78 is 0. The van der Waals surface area contributed by atoms with Gasteiger partial charge >= 0.3 is 0 Å². The first-order valence-electron chi connectivity index (χ1n) is 6.00. The van der Waals surface area contributed by atoms with Crippen LogP contribution in [0.5, 0.6) is 0 Å². The van der Waals surface area contributed by atoms with Crippen LogP contribution in [0.2, 0.25) is 0 Å². The molecule has 0 unspecified atom stereocenters. The summed E-state index contributed by atoms with van der Waals surface area (Å²) in [5.74, 6) is 0. The third-order valence-electron chi connectivity index (χ3n) is 3.97. The molecule has 0 amide bonds. The predicted molar refractivity (Wildman–Crippen MR) is 62.3 cm³/mol. The molecule has 1 saturated carbocycles. The standard InChI is InChI=1S/C12H26N2/c1-11(2)14(3)10-8-12(7-9-13)5-4-6-12/h11H,4-10,13H2,1-3H3. The molecule has 1 rings (SSSR count). The second-order valence-corrected chi connectivity index (χ2v) is 5.22. The lowest BCUT2D eigenvalue weighted by molar-refractivity contribution is 0.0881. The summed E-state index contributed by atoms with van der Waals surface area (Å²) in [5.41, 5.74) is 6.30. The molecule has 2 N–H and O–H groups in total. The molecule has 0 spiro atoms. The molecule has 14 heavy (non-hydrogen) atoms. The molecular formula is C12H26N2. The van der Waals surface area contributed by atoms with Gasteiger partial charge in [0.05, 0.1) is 0 Å². The van der Waals surface area contributed by atoms with E-state index in [1.54, 1.807) is 0 Å². The van der Waals surface area contributed by atoms with Gasteiger partial charge in [-0.15, -0.1) is 0 Å². The molecule has 0 aromatic carbocycles. The van der Waals surface area contributed by atoms with Crippen LogP contribution in [0.15, 0.2) is 0 Å². The molecule has 0 atom stereocenters. The predicted octanol–water partition coefficient (Wildman–Crippen LogP) is 2.24. The number of hydrogen-bond acceptors (Lipinski definition) is 2. The van der Waals surface area contributed by atoms with Gasteiger partial charge in [-0.05, 0) is 65.1 Å². The molecule has 2 nitrogen and oxygen atoms in total. The Kier molecular flexibility index (Phi) is 4.39. The first-order chi connectivity index (χ1) is 6.59. The Morgan fingerprint density at radius 1 is 1.29 bits per heavy atom. The molecule has 0 aliphatic heterocycles. The minimum absolute atomic E-state index is 0.623.